The molecule has 0 spiro atoms. The van der Waals surface area contributed by atoms with E-state index in [-0.39, 0.29) is 30.5 Å². The van der Waals surface area contributed by atoms with Gasteiger partial charge in [-0.25, -0.2) is 4.39 Å². The number of amides is 2. The van der Waals surface area contributed by atoms with Gasteiger partial charge in [0.05, 0.1) is 11.6 Å². The molecule has 1 fully saturated rings. The van der Waals surface area contributed by atoms with E-state index < -0.39 is 11.7 Å². The third-order valence-electron chi connectivity index (χ3n) is 3.54. The number of aromatic nitrogens is 2. The number of carbonyl (C=O) groups excluding carboxylic acids is 2. The molecule has 1 aromatic heterocycles. The van der Waals surface area contributed by atoms with Crippen LogP contribution in [0.25, 0.3) is 0 Å². The number of thioether (sulfide) groups is 1. The maximum Gasteiger partial charge on any atom is 0.231 e. The van der Waals surface area contributed by atoms with E-state index in [1.807, 2.05) is 6.92 Å². The molecule has 3 rings (SSSR count). The zero-order chi connectivity index (χ0) is 17.1. The summed E-state index contributed by atoms with van der Waals surface area (Å²) < 4.78 is 14.6. The Morgan fingerprint density at radius 1 is 1.46 bits per heavy atom. The van der Waals surface area contributed by atoms with Crippen LogP contribution >= 0.6 is 23.1 Å². The summed E-state index contributed by atoms with van der Waals surface area (Å²) >= 11 is 2.84. The van der Waals surface area contributed by atoms with Crippen molar-refractivity contribution in [3.8, 4) is 0 Å². The third-order valence-corrected chi connectivity index (χ3v) is 5.40. The number of hydrogen-bond donors (Lipinski definition) is 1. The van der Waals surface area contributed by atoms with Crippen molar-refractivity contribution in [1.82, 2.24) is 10.2 Å². The van der Waals surface area contributed by atoms with E-state index in [0.717, 1.165) is 10.1 Å². The second-order valence-electron chi connectivity index (χ2n) is 5.15. The first kappa shape index (κ1) is 16.8. The van der Waals surface area contributed by atoms with Crippen molar-refractivity contribution in [2.45, 2.75) is 17.7 Å². The van der Waals surface area contributed by atoms with Gasteiger partial charge >= 0.3 is 0 Å². The fourth-order valence-electron chi connectivity index (χ4n) is 2.44. The molecule has 9 heteroatoms. The van der Waals surface area contributed by atoms with Gasteiger partial charge in [0.2, 0.25) is 16.9 Å². The van der Waals surface area contributed by atoms with E-state index in [1.165, 1.54) is 28.4 Å². The number of para-hydroxylation sites is 1. The number of benzene rings is 1. The molecular weight excluding hydrogens is 351 g/mol. The molecule has 0 aliphatic carbocycles. The highest BCUT2D eigenvalue weighted by Gasteiger charge is 2.36. The van der Waals surface area contributed by atoms with Crippen molar-refractivity contribution in [1.29, 1.82) is 0 Å². The van der Waals surface area contributed by atoms with Gasteiger partial charge in [0, 0.05) is 13.0 Å². The summed E-state index contributed by atoms with van der Waals surface area (Å²) in [5, 5.41) is 11.0. The standard InChI is InChI=1S/C15H15FN4O2S2/c1-2-23-15-19-18-14(24-15)17-13(22)9-7-12(21)20(8-9)11-6-4-3-5-10(11)16/h3-6,9H,2,7-8H2,1H3,(H,17,18,22)/t9-/m1/s1. The van der Waals surface area contributed by atoms with Crippen LogP contribution in [0, 0.1) is 11.7 Å². The molecule has 1 N–H and O–H groups in total. The minimum Gasteiger partial charge on any atom is -0.309 e. The maximum atomic E-state index is 13.9. The van der Waals surface area contributed by atoms with Gasteiger partial charge in [0.15, 0.2) is 4.34 Å². The lowest BCUT2D eigenvalue weighted by atomic mass is 10.1. The monoisotopic (exact) mass is 366 g/mol. The molecule has 1 aliphatic heterocycles. The predicted molar refractivity (Wildman–Crippen MR) is 91.8 cm³/mol. The minimum absolute atomic E-state index is 0.0511. The van der Waals surface area contributed by atoms with Gasteiger partial charge in [0.25, 0.3) is 0 Å². The zero-order valence-electron chi connectivity index (χ0n) is 12.9. The zero-order valence-corrected chi connectivity index (χ0v) is 14.5. The summed E-state index contributed by atoms with van der Waals surface area (Å²) in [6.07, 6.45) is 0.0511. The molecule has 1 atom stereocenters. The molecule has 126 valence electrons. The number of nitrogens with one attached hydrogen (secondary N) is 1. The van der Waals surface area contributed by atoms with Gasteiger partial charge in [-0.1, -0.05) is 42.2 Å². The number of halogens is 1. The lowest BCUT2D eigenvalue weighted by Crippen LogP contribution is -2.28. The van der Waals surface area contributed by atoms with Crippen molar-refractivity contribution in [2.24, 2.45) is 5.92 Å². The van der Waals surface area contributed by atoms with Gasteiger partial charge in [-0.15, -0.1) is 10.2 Å². The van der Waals surface area contributed by atoms with Crippen molar-refractivity contribution >= 4 is 45.7 Å². The number of rotatable bonds is 5. The van der Waals surface area contributed by atoms with E-state index in [9.17, 15) is 14.0 Å². The van der Waals surface area contributed by atoms with Crippen LogP contribution in [0.1, 0.15) is 13.3 Å². The van der Waals surface area contributed by atoms with Crippen molar-refractivity contribution in [2.75, 3.05) is 22.5 Å². The Morgan fingerprint density at radius 3 is 3.00 bits per heavy atom. The predicted octanol–water partition coefficient (Wildman–Crippen LogP) is 2.78. The molecule has 1 aliphatic rings. The SMILES string of the molecule is CCSc1nnc(NC(=O)[C@@H]2CC(=O)N(c3ccccc3F)C2)s1. The number of nitrogens with zero attached hydrogens (tertiary/aromatic N) is 3. The van der Waals surface area contributed by atoms with E-state index in [2.05, 4.69) is 15.5 Å². The topological polar surface area (TPSA) is 75.2 Å². The van der Waals surface area contributed by atoms with Crippen LogP contribution in [0.4, 0.5) is 15.2 Å². The largest absolute Gasteiger partial charge is 0.309 e. The fraction of sp³-hybridized carbons (Fsp3) is 0.333. The van der Waals surface area contributed by atoms with Crippen LogP contribution in [0.5, 0.6) is 0 Å². The number of hydrogen-bond acceptors (Lipinski definition) is 6. The van der Waals surface area contributed by atoms with E-state index in [0.29, 0.717) is 5.13 Å². The molecule has 6 nitrogen and oxygen atoms in total. The van der Waals surface area contributed by atoms with Crippen molar-refractivity contribution in [3.05, 3.63) is 30.1 Å². The summed E-state index contributed by atoms with van der Waals surface area (Å²) in [5.74, 6) is -0.705. The maximum absolute atomic E-state index is 13.9. The molecule has 2 aromatic rings. The summed E-state index contributed by atoms with van der Waals surface area (Å²) in [6.45, 7) is 2.16. The minimum atomic E-state index is -0.539. The van der Waals surface area contributed by atoms with Gasteiger partial charge in [-0.05, 0) is 17.9 Å². The van der Waals surface area contributed by atoms with Crippen molar-refractivity contribution < 1.29 is 14.0 Å². The number of anilines is 2. The van der Waals surface area contributed by atoms with E-state index in [4.69, 9.17) is 0 Å². The summed E-state index contributed by atoms with van der Waals surface area (Å²) in [5.41, 5.74) is 0.204. The molecule has 1 saturated heterocycles. The van der Waals surface area contributed by atoms with Gasteiger partial charge in [0.1, 0.15) is 5.82 Å². The Hall–Kier alpha value is -2.00. The highest BCUT2D eigenvalue weighted by atomic mass is 32.2. The van der Waals surface area contributed by atoms with Crippen LogP contribution in [0.3, 0.4) is 0 Å². The molecule has 1 aromatic carbocycles. The molecule has 2 heterocycles. The van der Waals surface area contributed by atoms with Crippen LogP contribution < -0.4 is 10.2 Å². The van der Waals surface area contributed by atoms with Crippen LogP contribution in [0.15, 0.2) is 28.6 Å². The quantitative estimate of drug-likeness (QED) is 0.650. The Balaban J connectivity index is 1.66. The second kappa shape index (κ2) is 7.27. The van der Waals surface area contributed by atoms with Gasteiger partial charge in [-0.3, -0.25) is 9.59 Å². The first-order valence-electron chi connectivity index (χ1n) is 7.40. The summed E-state index contributed by atoms with van der Waals surface area (Å²) in [6, 6.07) is 6.05. The van der Waals surface area contributed by atoms with E-state index >= 15 is 0 Å². The Kier molecular flexibility index (Phi) is 5.10. The second-order valence-corrected chi connectivity index (χ2v) is 7.64. The van der Waals surface area contributed by atoms with Crippen molar-refractivity contribution in [3.63, 3.8) is 0 Å². The summed E-state index contributed by atoms with van der Waals surface area (Å²) in [4.78, 5) is 25.8. The molecular formula is C15H15FN4O2S2. The summed E-state index contributed by atoms with van der Waals surface area (Å²) in [7, 11) is 0. The highest BCUT2D eigenvalue weighted by Crippen LogP contribution is 2.29. The highest BCUT2D eigenvalue weighted by molar-refractivity contribution is 8.01. The Bertz CT molecular complexity index is 767. The molecule has 0 saturated carbocycles. The average molecular weight is 366 g/mol. The smallest absolute Gasteiger partial charge is 0.231 e. The first-order chi connectivity index (χ1) is 11.6. The van der Waals surface area contributed by atoms with Crippen LogP contribution in [-0.2, 0) is 9.59 Å². The van der Waals surface area contributed by atoms with Crippen LogP contribution in [-0.4, -0.2) is 34.3 Å². The lowest BCUT2D eigenvalue weighted by molar-refractivity contribution is -0.122. The molecule has 2 amide bonds. The lowest BCUT2D eigenvalue weighted by Gasteiger charge is -2.17. The van der Waals surface area contributed by atoms with Gasteiger partial charge in [-0.2, -0.15) is 0 Å². The average Bonchev–Trinajstić information content (AvgIpc) is 3.15. The molecule has 24 heavy (non-hydrogen) atoms. The molecule has 0 unspecified atom stereocenters. The van der Waals surface area contributed by atoms with E-state index in [1.54, 1.807) is 23.9 Å². The van der Waals surface area contributed by atoms with Crippen LogP contribution in [0.2, 0.25) is 0 Å². The Morgan fingerprint density at radius 2 is 2.25 bits per heavy atom. The van der Waals surface area contributed by atoms with Gasteiger partial charge < -0.3 is 10.2 Å². The normalized spacial score (nSPS) is 17.3. The first-order valence-corrected chi connectivity index (χ1v) is 9.20. The molecule has 0 radical (unpaired) electrons. The third kappa shape index (κ3) is 3.57. The number of carbonyl (C=O) groups is 2. The molecule has 0 bridgehead atoms. The fourth-order valence-corrected chi connectivity index (χ4v) is 4.09. The Labute approximate surface area is 146 Å².